The average Bonchev–Trinajstić information content (AvgIpc) is 2.84. The first-order chi connectivity index (χ1) is 10.0. The topological polar surface area (TPSA) is 95.1 Å². The van der Waals surface area contributed by atoms with Crippen molar-refractivity contribution in [2.24, 2.45) is 0 Å². The van der Waals surface area contributed by atoms with E-state index in [0.29, 0.717) is 21.6 Å². The molecule has 0 aliphatic carbocycles. The monoisotopic (exact) mass is 327 g/mol. The lowest BCUT2D eigenvalue weighted by Crippen LogP contribution is -2.23. The van der Waals surface area contributed by atoms with Crippen LogP contribution in [0.3, 0.4) is 0 Å². The highest BCUT2D eigenvalue weighted by Crippen LogP contribution is 2.29. The second kappa shape index (κ2) is 6.68. The van der Waals surface area contributed by atoms with Gasteiger partial charge in [0.15, 0.2) is 0 Å². The Morgan fingerprint density at radius 3 is 2.95 bits per heavy atom. The SMILES string of the molecule is COc1ccc(Cl)cc1NC(=O)C(C)Sc1nncn1N. The molecule has 2 rings (SSSR count). The number of nitrogens with zero attached hydrogens (tertiary/aromatic N) is 3. The summed E-state index contributed by atoms with van der Waals surface area (Å²) in [6.07, 6.45) is 1.37. The molecule has 9 heteroatoms. The van der Waals surface area contributed by atoms with Crippen molar-refractivity contribution < 1.29 is 9.53 Å². The van der Waals surface area contributed by atoms with E-state index in [4.69, 9.17) is 22.2 Å². The molecule has 0 bridgehead atoms. The van der Waals surface area contributed by atoms with Crippen molar-refractivity contribution in [2.75, 3.05) is 18.3 Å². The standard InChI is InChI=1S/C12H14ClN5O2S/c1-7(21-12-17-15-6-18(12)14)11(19)16-9-5-8(13)3-4-10(9)20-2/h3-7H,14H2,1-2H3,(H,16,19). The highest BCUT2D eigenvalue weighted by atomic mass is 35.5. The minimum absolute atomic E-state index is 0.219. The summed E-state index contributed by atoms with van der Waals surface area (Å²) in [4.78, 5) is 12.2. The number of rotatable bonds is 5. The summed E-state index contributed by atoms with van der Waals surface area (Å²) >= 11 is 7.12. The quantitative estimate of drug-likeness (QED) is 0.642. The van der Waals surface area contributed by atoms with Gasteiger partial charge in [0.2, 0.25) is 11.1 Å². The number of thioether (sulfide) groups is 1. The van der Waals surface area contributed by atoms with E-state index < -0.39 is 5.25 Å². The van der Waals surface area contributed by atoms with Gasteiger partial charge in [-0.15, -0.1) is 10.2 Å². The summed E-state index contributed by atoms with van der Waals surface area (Å²) in [5.74, 6) is 5.92. The highest BCUT2D eigenvalue weighted by molar-refractivity contribution is 8.00. The Labute approximate surface area is 130 Å². The number of hydrogen-bond acceptors (Lipinski definition) is 6. The molecule has 1 amide bonds. The van der Waals surface area contributed by atoms with Gasteiger partial charge in [-0.05, 0) is 25.1 Å². The van der Waals surface area contributed by atoms with E-state index in [0.717, 1.165) is 0 Å². The molecule has 1 atom stereocenters. The van der Waals surface area contributed by atoms with Crippen LogP contribution in [-0.2, 0) is 4.79 Å². The fourth-order valence-corrected chi connectivity index (χ4v) is 2.46. The normalized spacial score (nSPS) is 12.0. The zero-order chi connectivity index (χ0) is 15.4. The Kier molecular flexibility index (Phi) is 4.92. The van der Waals surface area contributed by atoms with Gasteiger partial charge in [0, 0.05) is 5.02 Å². The lowest BCUT2D eigenvalue weighted by molar-refractivity contribution is -0.115. The van der Waals surface area contributed by atoms with Crippen LogP contribution in [0.1, 0.15) is 6.92 Å². The van der Waals surface area contributed by atoms with Gasteiger partial charge in [-0.3, -0.25) is 4.79 Å². The summed E-state index contributed by atoms with van der Waals surface area (Å²) in [7, 11) is 1.52. The fraction of sp³-hybridized carbons (Fsp3) is 0.250. The van der Waals surface area contributed by atoms with E-state index in [1.165, 1.54) is 29.9 Å². The van der Waals surface area contributed by atoms with Crippen LogP contribution in [0.4, 0.5) is 5.69 Å². The number of carbonyl (C=O) groups is 1. The van der Waals surface area contributed by atoms with Crippen LogP contribution in [0.15, 0.2) is 29.7 Å². The molecule has 112 valence electrons. The number of nitrogen functional groups attached to an aromatic ring is 1. The minimum atomic E-state index is -0.416. The Bertz CT molecular complexity index is 648. The molecule has 1 unspecified atom stereocenters. The van der Waals surface area contributed by atoms with E-state index >= 15 is 0 Å². The molecule has 2 aromatic rings. The van der Waals surface area contributed by atoms with Gasteiger partial charge < -0.3 is 15.9 Å². The van der Waals surface area contributed by atoms with Crippen molar-refractivity contribution in [2.45, 2.75) is 17.3 Å². The molecule has 1 heterocycles. The predicted molar refractivity (Wildman–Crippen MR) is 82.1 cm³/mol. The fourth-order valence-electron chi connectivity index (χ4n) is 1.54. The van der Waals surface area contributed by atoms with Crippen LogP contribution in [0, 0.1) is 0 Å². The number of benzene rings is 1. The van der Waals surface area contributed by atoms with Crippen LogP contribution in [0.25, 0.3) is 0 Å². The Morgan fingerprint density at radius 1 is 1.57 bits per heavy atom. The Balaban J connectivity index is 2.07. The van der Waals surface area contributed by atoms with E-state index in [9.17, 15) is 4.79 Å². The predicted octanol–water partition coefficient (Wildman–Crippen LogP) is 1.77. The van der Waals surface area contributed by atoms with E-state index in [-0.39, 0.29) is 5.91 Å². The summed E-state index contributed by atoms with van der Waals surface area (Å²) in [6, 6.07) is 5.00. The summed E-state index contributed by atoms with van der Waals surface area (Å²) < 4.78 is 6.44. The molecule has 3 N–H and O–H groups in total. The third kappa shape index (κ3) is 3.79. The maximum atomic E-state index is 12.2. The number of ether oxygens (including phenoxy) is 1. The number of aromatic nitrogens is 3. The van der Waals surface area contributed by atoms with Crippen LogP contribution in [0.2, 0.25) is 5.02 Å². The maximum Gasteiger partial charge on any atom is 0.237 e. The van der Waals surface area contributed by atoms with Gasteiger partial charge in [-0.2, -0.15) is 0 Å². The van der Waals surface area contributed by atoms with Gasteiger partial charge in [0.25, 0.3) is 0 Å². The number of methoxy groups -OCH3 is 1. The number of amides is 1. The van der Waals surface area contributed by atoms with Gasteiger partial charge in [0.05, 0.1) is 18.0 Å². The largest absolute Gasteiger partial charge is 0.495 e. The van der Waals surface area contributed by atoms with Crippen LogP contribution in [-0.4, -0.2) is 33.1 Å². The van der Waals surface area contributed by atoms with E-state index in [1.807, 2.05) is 0 Å². The first kappa shape index (κ1) is 15.5. The molecule has 21 heavy (non-hydrogen) atoms. The molecule has 1 aromatic heterocycles. The first-order valence-electron chi connectivity index (χ1n) is 5.97. The van der Waals surface area contributed by atoms with E-state index in [2.05, 4.69) is 15.5 Å². The average molecular weight is 328 g/mol. The number of nitrogens with two attached hydrogens (primary N) is 1. The molecule has 1 aromatic carbocycles. The smallest absolute Gasteiger partial charge is 0.237 e. The third-order valence-corrected chi connectivity index (χ3v) is 3.92. The van der Waals surface area contributed by atoms with Gasteiger partial charge >= 0.3 is 0 Å². The molecule has 0 saturated heterocycles. The summed E-state index contributed by atoms with van der Waals surface area (Å²) in [6.45, 7) is 1.74. The minimum Gasteiger partial charge on any atom is -0.495 e. The zero-order valence-electron chi connectivity index (χ0n) is 11.4. The van der Waals surface area contributed by atoms with Crippen LogP contribution >= 0.6 is 23.4 Å². The van der Waals surface area contributed by atoms with Crippen molar-refractivity contribution in [3.63, 3.8) is 0 Å². The lowest BCUT2D eigenvalue weighted by Gasteiger charge is -2.13. The summed E-state index contributed by atoms with van der Waals surface area (Å²) in [5.41, 5.74) is 0.511. The van der Waals surface area contributed by atoms with E-state index in [1.54, 1.807) is 25.1 Å². The van der Waals surface area contributed by atoms with Gasteiger partial charge in [-0.1, -0.05) is 23.4 Å². The highest BCUT2D eigenvalue weighted by Gasteiger charge is 2.19. The lowest BCUT2D eigenvalue weighted by atomic mass is 10.3. The van der Waals surface area contributed by atoms with Crippen molar-refractivity contribution in [3.8, 4) is 5.75 Å². The first-order valence-corrected chi connectivity index (χ1v) is 7.23. The Morgan fingerprint density at radius 2 is 2.33 bits per heavy atom. The van der Waals surface area contributed by atoms with Crippen molar-refractivity contribution in [3.05, 3.63) is 29.5 Å². The van der Waals surface area contributed by atoms with Crippen LogP contribution < -0.4 is 15.9 Å². The second-order valence-corrected chi connectivity index (χ2v) is 5.86. The summed E-state index contributed by atoms with van der Waals surface area (Å²) in [5, 5.41) is 10.8. The number of halogens is 1. The Hall–Kier alpha value is -1.93. The van der Waals surface area contributed by atoms with Crippen LogP contribution in [0.5, 0.6) is 5.75 Å². The molecule has 7 nitrogen and oxygen atoms in total. The molecular weight excluding hydrogens is 314 g/mol. The second-order valence-electron chi connectivity index (χ2n) is 4.11. The van der Waals surface area contributed by atoms with Gasteiger partial charge in [0.1, 0.15) is 12.1 Å². The molecule has 0 fully saturated rings. The molecule has 0 aliphatic heterocycles. The van der Waals surface area contributed by atoms with Crippen molar-refractivity contribution in [1.82, 2.24) is 14.9 Å². The molecule has 0 radical (unpaired) electrons. The number of anilines is 1. The molecular formula is C12H14ClN5O2S. The molecule has 0 saturated carbocycles. The number of carbonyl (C=O) groups excluding carboxylic acids is 1. The maximum absolute atomic E-state index is 12.2. The number of hydrogen-bond donors (Lipinski definition) is 2. The molecule has 0 spiro atoms. The van der Waals surface area contributed by atoms with Gasteiger partial charge in [-0.25, -0.2) is 4.68 Å². The zero-order valence-corrected chi connectivity index (χ0v) is 13.0. The third-order valence-electron chi connectivity index (χ3n) is 2.61. The van der Waals surface area contributed by atoms with Crippen molar-refractivity contribution >= 4 is 35.0 Å². The number of nitrogens with one attached hydrogen (secondary N) is 1. The molecule has 0 aliphatic rings. The van der Waals surface area contributed by atoms with Crippen molar-refractivity contribution in [1.29, 1.82) is 0 Å².